The summed E-state index contributed by atoms with van der Waals surface area (Å²) in [7, 11) is 3.23. The second-order valence-electron chi connectivity index (χ2n) is 4.65. The lowest BCUT2D eigenvalue weighted by atomic mass is 10.1. The van der Waals surface area contributed by atoms with Crippen molar-refractivity contribution >= 4 is 5.97 Å². The molecule has 0 bridgehead atoms. The van der Waals surface area contributed by atoms with Crippen LogP contribution in [0.2, 0.25) is 0 Å². The maximum Gasteiger partial charge on any atom is 0.322 e. The van der Waals surface area contributed by atoms with Gasteiger partial charge in [-0.2, -0.15) is 0 Å². The summed E-state index contributed by atoms with van der Waals surface area (Å²) in [6.07, 6.45) is 3.40. The average Bonchev–Trinajstić information content (AvgIpc) is 2.41. The third kappa shape index (κ3) is 4.92. The molecule has 5 heteroatoms. The van der Waals surface area contributed by atoms with Crippen molar-refractivity contribution < 1.29 is 14.3 Å². The molecule has 1 fully saturated rings. The van der Waals surface area contributed by atoms with E-state index in [1.165, 1.54) is 7.11 Å². The number of hydrogen-bond acceptors (Lipinski definition) is 5. The largest absolute Gasteiger partial charge is 0.468 e. The summed E-state index contributed by atoms with van der Waals surface area (Å²) in [5.74, 6) is -0.179. The van der Waals surface area contributed by atoms with Gasteiger partial charge in [0.05, 0.1) is 13.2 Å². The van der Waals surface area contributed by atoms with Crippen LogP contribution < -0.4 is 5.32 Å². The first kappa shape index (κ1) is 15.4. The Kier molecular flexibility index (Phi) is 7.23. The summed E-state index contributed by atoms with van der Waals surface area (Å²) in [6, 6.07) is -0.195. The van der Waals surface area contributed by atoms with Gasteiger partial charge in [0.1, 0.15) is 6.04 Å². The smallest absolute Gasteiger partial charge is 0.322 e. The number of piperidine rings is 1. The van der Waals surface area contributed by atoms with Crippen LogP contribution in [0.5, 0.6) is 0 Å². The Hall–Kier alpha value is -0.650. The van der Waals surface area contributed by atoms with E-state index in [1.54, 1.807) is 7.05 Å². The van der Waals surface area contributed by atoms with Crippen molar-refractivity contribution in [2.24, 2.45) is 0 Å². The van der Waals surface area contributed by atoms with Crippen molar-refractivity contribution in [3.05, 3.63) is 0 Å². The monoisotopic (exact) mass is 258 g/mol. The molecule has 0 aromatic carbocycles. The highest BCUT2D eigenvalue weighted by Gasteiger charge is 2.22. The first-order valence-electron chi connectivity index (χ1n) is 6.80. The van der Waals surface area contributed by atoms with E-state index < -0.39 is 0 Å². The number of likely N-dealkylation sites (tertiary alicyclic amines) is 1. The van der Waals surface area contributed by atoms with E-state index in [1.807, 2.05) is 6.92 Å². The summed E-state index contributed by atoms with van der Waals surface area (Å²) in [6.45, 7) is 5.89. The van der Waals surface area contributed by atoms with E-state index in [2.05, 4.69) is 10.2 Å². The average molecular weight is 258 g/mol. The van der Waals surface area contributed by atoms with Crippen LogP contribution in [0.3, 0.4) is 0 Å². The van der Waals surface area contributed by atoms with E-state index >= 15 is 0 Å². The highest BCUT2D eigenvalue weighted by Crippen LogP contribution is 2.14. The number of nitrogens with zero attached hydrogens (tertiary/aromatic N) is 1. The number of hydrogen-bond donors (Lipinski definition) is 1. The molecular formula is C13H26N2O3. The zero-order valence-corrected chi connectivity index (χ0v) is 11.8. The molecule has 0 aliphatic carbocycles. The lowest BCUT2D eigenvalue weighted by Crippen LogP contribution is -2.42. The van der Waals surface area contributed by atoms with Crippen LogP contribution in [-0.4, -0.2) is 63.4 Å². The van der Waals surface area contributed by atoms with Crippen LogP contribution in [0.4, 0.5) is 0 Å². The minimum atomic E-state index is -0.195. The lowest BCUT2D eigenvalue weighted by molar-refractivity contribution is -0.143. The fraction of sp³-hybridized carbons (Fsp3) is 0.923. The number of ether oxygens (including phenoxy) is 2. The van der Waals surface area contributed by atoms with E-state index in [0.717, 1.165) is 45.5 Å². The van der Waals surface area contributed by atoms with Crippen molar-refractivity contribution in [1.29, 1.82) is 0 Å². The molecule has 0 saturated carbocycles. The zero-order valence-electron chi connectivity index (χ0n) is 11.8. The van der Waals surface area contributed by atoms with Gasteiger partial charge < -0.3 is 19.7 Å². The minimum absolute atomic E-state index is 0.179. The van der Waals surface area contributed by atoms with Crippen LogP contribution >= 0.6 is 0 Å². The van der Waals surface area contributed by atoms with E-state index in [0.29, 0.717) is 6.10 Å². The summed E-state index contributed by atoms with van der Waals surface area (Å²) in [5.41, 5.74) is 0. The summed E-state index contributed by atoms with van der Waals surface area (Å²) in [4.78, 5) is 13.8. The summed E-state index contributed by atoms with van der Waals surface area (Å²) >= 11 is 0. The molecule has 0 spiro atoms. The Labute approximate surface area is 110 Å². The van der Waals surface area contributed by atoms with Gasteiger partial charge in [-0.3, -0.25) is 4.79 Å². The molecule has 18 heavy (non-hydrogen) atoms. The predicted octanol–water partition coefficient (Wildman–Crippen LogP) is 0.638. The Morgan fingerprint density at radius 2 is 2.11 bits per heavy atom. The van der Waals surface area contributed by atoms with Gasteiger partial charge in [-0.1, -0.05) is 0 Å². The molecule has 5 nitrogen and oxygen atoms in total. The van der Waals surface area contributed by atoms with E-state index in [9.17, 15) is 4.79 Å². The Balaban J connectivity index is 2.22. The molecule has 0 aromatic heterocycles. The zero-order chi connectivity index (χ0) is 13.4. The first-order valence-corrected chi connectivity index (χ1v) is 6.80. The number of nitrogens with one attached hydrogen (secondary N) is 1. The lowest BCUT2D eigenvalue weighted by Gasteiger charge is -2.32. The second-order valence-corrected chi connectivity index (χ2v) is 4.65. The van der Waals surface area contributed by atoms with Crippen LogP contribution in [0, 0.1) is 0 Å². The van der Waals surface area contributed by atoms with Crippen LogP contribution in [0.1, 0.15) is 26.2 Å². The Morgan fingerprint density at radius 3 is 2.61 bits per heavy atom. The first-order chi connectivity index (χ1) is 8.71. The second kappa shape index (κ2) is 8.45. The molecule has 106 valence electrons. The molecule has 1 heterocycles. The van der Waals surface area contributed by atoms with Gasteiger partial charge >= 0.3 is 5.97 Å². The summed E-state index contributed by atoms with van der Waals surface area (Å²) < 4.78 is 10.4. The van der Waals surface area contributed by atoms with Crippen molar-refractivity contribution in [2.45, 2.75) is 38.3 Å². The Bertz CT molecular complexity index is 240. The highest BCUT2D eigenvalue weighted by molar-refractivity contribution is 5.75. The number of rotatable bonds is 7. The molecule has 1 aliphatic rings. The van der Waals surface area contributed by atoms with Crippen LogP contribution in [0.15, 0.2) is 0 Å². The van der Waals surface area contributed by atoms with Crippen LogP contribution in [0.25, 0.3) is 0 Å². The van der Waals surface area contributed by atoms with Crippen LogP contribution in [-0.2, 0) is 14.3 Å². The molecule has 1 atom stereocenters. The molecule has 0 radical (unpaired) electrons. The number of esters is 1. The number of likely N-dealkylation sites (N-methyl/N-ethyl adjacent to an activating group) is 1. The third-order valence-electron chi connectivity index (χ3n) is 3.51. The van der Waals surface area contributed by atoms with Gasteiger partial charge in [0.2, 0.25) is 0 Å². The van der Waals surface area contributed by atoms with Gasteiger partial charge in [-0.15, -0.1) is 0 Å². The molecule has 1 unspecified atom stereocenters. The standard InChI is InChI=1S/C13H26N2O3/c1-4-18-11-5-8-15(9-6-11)10-7-12(14-2)13(16)17-3/h11-12,14H,4-10H2,1-3H3. The molecule has 1 rings (SSSR count). The summed E-state index contributed by atoms with van der Waals surface area (Å²) in [5, 5.41) is 3.00. The quantitative estimate of drug-likeness (QED) is 0.679. The maximum atomic E-state index is 11.4. The molecular weight excluding hydrogens is 232 g/mol. The Morgan fingerprint density at radius 1 is 1.44 bits per heavy atom. The fourth-order valence-electron chi connectivity index (χ4n) is 2.37. The molecule has 1 saturated heterocycles. The molecule has 1 aliphatic heterocycles. The van der Waals surface area contributed by atoms with Gasteiger partial charge in [0.15, 0.2) is 0 Å². The highest BCUT2D eigenvalue weighted by atomic mass is 16.5. The molecule has 0 amide bonds. The van der Waals surface area contributed by atoms with Gasteiger partial charge in [-0.25, -0.2) is 0 Å². The third-order valence-corrected chi connectivity index (χ3v) is 3.51. The molecule has 1 N–H and O–H groups in total. The predicted molar refractivity (Wildman–Crippen MR) is 70.6 cm³/mol. The molecule has 0 aromatic rings. The van der Waals surface area contributed by atoms with Gasteiger partial charge in [0.25, 0.3) is 0 Å². The van der Waals surface area contributed by atoms with Gasteiger partial charge in [-0.05, 0) is 33.2 Å². The van der Waals surface area contributed by atoms with Crippen molar-refractivity contribution in [3.8, 4) is 0 Å². The fourth-order valence-corrected chi connectivity index (χ4v) is 2.37. The maximum absolute atomic E-state index is 11.4. The van der Waals surface area contributed by atoms with Crippen molar-refractivity contribution in [2.75, 3.05) is 40.4 Å². The topological polar surface area (TPSA) is 50.8 Å². The SMILES string of the molecule is CCOC1CCN(CCC(NC)C(=O)OC)CC1. The van der Waals surface area contributed by atoms with Gasteiger partial charge in [0, 0.05) is 26.2 Å². The number of carbonyl (C=O) groups is 1. The van der Waals surface area contributed by atoms with E-state index in [4.69, 9.17) is 9.47 Å². The normalized spacial score (nSPS) is 19.7. The minimum Gasteiger partial charge on any atom is -0.468 e. The van der Waals surface area contributed by atoms with Crippen molar-refractivity contribution in [1.82, 2.24) is 10.2 Å². The van der Waals surface area contributed by atoms with Crippen molar-refractivity contribution in [3.63, 3.8) is 0 Å². The number of methoxy groups -OCH3 is 1. The van der Waals surface area contributed by atoms with E-state index in [-0.39, 0.29) is 12.0 Å². The number of carbonyl (C=O) groups excluding carboxylic acids is 1.